The van der Waals surface area contributed by atoms with Gasteiger partial charge in [-0.05, 0) is 55.1 Å². The topological polar surface area (TPSA) is 79.8 Å². The summed E-state index contributed by atoms with van der Waals surface area (Å²) in [6, 6.07) is 22.7. The number of ketones is 1. The third kappa shape index (κ3) is 5.54. The van der Waals surface area contributed by atoms with E-state index in [0.29, 0.717) is 43.6 Å². The second kappa shape index (κ2) is 12.4. The van der Waals surface area contributed by atoms with E-state index >= 15 is 0 Å². The first-order chi connectivity index (χ1) is 18.4. The Balaban J connectivity index is 2.00. The highest BCUT2D eigenvalue weighted by atomic mass is 79.9. The maximum absolute atomic E-state index is 14.9. The third-order valence-corrected chi connectivity index (χ3v) is 7.24. The standard InChI is InChI=1S/C29H26Br2N2O5/c1-35-26-19(15-21(30)28(32-26)37-3)23(17-11-7-5-8-12-17)25(34)24(18-13-9-6-10-14-18)20-16-22(31)29(38-4)33-27(20)36-2/h5-16,23-24H,1-4H3. The van der Waals surface area contributed by atoms with Gasteiger partial charge in [0.15, 0.2) is 5.78 Å². The number of nitrogens with zero attached hydrogens (tertiary/aromatic N) is 2. The van der Waals surface area contributed by atoms with Crippen molar-refractivity contribution in [1.82, 2.24) is 9.97 Å². The van der Waals surface area contributed by atoms with Crippen molar-refractivity contribution in [2.24, 2.45) is 0 Å². The van der Waals surface area contributed by atoms with Crippen LogP contribution in [-0.2, 0) is 4.79 Å². The molecule has 2 heterocycles. The number of ether oxygens (including phenoxy) is 4. The van der Waals surface area contributed by atoms with E-state index in [1.54, 1.807) is 0 Å². The Bertz CT molecular complexity index is 1310. The molecule has 0 radical (unpaired) electrons. The molecule has 0 saturated carbocycles. The van der Waals surface area contributed by atoms with Crippen molar-refractivity contribution in [3.63, 3.8) is 0 Å². The lowest BCUT2D eigenvalue weighted by Crippen LogP contribution is -2.24. The average Bonchev–Trinajstić information content (AvgIpc) is 2.95. The summed E-state index contributed by atoms with van der Waals surface area (Å²) in [4.78, 5) is 23.9. The molecule has 38 heavy (non-hydrogen) atoms. The first kappa shape index (κ1) is 27.6. The number of hydrogen-bond donors (Lipinski definition) is 0. The van der Waals surface area contributed by atoms with Gasteiger partial charge in [-0.15, -0.1) is 0 Å². The molecule has 0 aliphatic heterocycles. The van der Waals surface area contributed by atoms with Crippen molar-refractivity contribution in [3.8, 4) is 23.5 Å². The zero-order chi connectivity index (χ0) is 27.2. The van der Waals surface area contributed by atoms with Crippen molar-refractivity contribution in [3.05, 3.63) is 104 Å². The van der Waals surface area contributed by atoms with E-state index < -0.39 is 11.8 Å². The first-order valence-corrected chi connectivity index (χ1v) is 13.2. The molecule has 0 saturated heterocycles. The van der Waals surface area contributed by atoms with Gasteiger partial charge in [-0.2, -0.15) is 9.97 Å². The number of pyridine rings is 2. The first-order valence-electron chi connectivity index (χ1n) is 11.6. The molecule has 0 spiro atoms. The summed E-state index contributed by atoms with van der Waals surface area (Å²) >= 11 is 7.06. The summed E-state index contributed by atoms with van der Waals surface area (Å²) in [5.74, 6) is -0.297. The lowest BCUT2D eigenvalue weighted by atomic mass is 9.77. The monoisotopic (exact) mass is 640 g/mol. The number of benzene rings is 2. The number of Topliss-reactive ketones (excluding diaryl/α,β-unsaturated/α-hetero) is 1. The van der Waals surface area contributed by atoms with Crippen LogP contribution in [0, 0.1) is 0 Å². The predicted octanol–water partition coefficient (Wildman–Crippen LogP) is 6.57. The molecule has 7 nitrogen and oxygen atoms in total. The van der Waals surface area contributed by atoms with E-state index in [0.717, 1.165) is 11.1 Å². The highest BCUT2D eigenvalue weighted by Gasteiger charge is 2.37. The normalized spacial score (nSPS) is 12.4. The van der Waals surface area contributed by atoms with Crippen LogP contribution in [0.4, 0.5) is 0 Å². The quantitative estimate of drug-likeness (QED) is 0.194. The van der Waals surface area contributed by atoms with Crippen LogP contribution in [-0.4, -0.2) is 44.2 Å². The number of carbonyl (C=O) groups is 1. The van der Waals surface area contributed by atoms with Crippen LogP contribution < -0.4 is 18.9 Å². The van der Waals surface area contributed by atoms with Gasteiger partial charge in [0.1, 0.15) is 0 Å². The fourth-order valence-electron chi connectivity index (χ4n) is 4.42. The summed E-state index contributed by atoms with van der Waals surface area (Å²) in [6.07, 6.45) is 0. The van der Waals surface area contributed by atoms with Gasteiger partial charge in [0.2, 0.25) is 23.5 Å². The summed E-state index contributed by atoms with van der Waals surface area (Å²) in [7, 11) is 6.10. The van der Waals surface area contributed by atoms with Gasteiger partial charge in [-0.3, -0.25) is 4.79 Å². The Labute approximate surface area is 238 Å². The van der Waals surface area contributed by atoms with Gasteiger partial charge in [0.25, 0.3) is 0 Å². The summed E-state index contributed by atoms with van der Waals surface area (Å²) in [5.41, 5.74) is 2.76. The van der Waals surface area contributed by atoms with Crippen LogP contribution in [0.2, 0.25) is 0 Å². The van der Waals surface area contributed by atoms with Crippen LogP contribution in [0.5, 0.6) is 23.5 Å². The van der Waals surface area contributed by atoms with Crippen LogP contribution in [0.25, 0.3) is 0 Å². The predicted molar refractivity (Wildman–Crippen MR) is 152 cm³/mol. The van der Waals surface area contributed by atoms with Crippen LogP contribution in [0.1, 0.15) is 34.1 Å². The summed E-state index contributed by atoms with van der Waals surface area (Å²) in [6.45, 7) is 0. The van der Waals surface area contributed by atoms with Crippen molar-refractivity contribution in [1.29, 1.82) is 0 Å². The van der Waals surface area contributed by atoms with Gasteiger partial charge >= 0.3 is 0 Å². The molecule has 9 heteroatoms. The lowest BCUT2D eigenvalue weighted by Gasteiger charge is -2.26. The average molecular weight is 642 g/mol. The van der Waals surface area contributed by atoms with E-state index in [4.69, 9.17) is 18.9 Å². The lowest BCUT2D eigenvalue weighted by molar-refractivity contribution is -0.120. The molecule has 0 amide bonds. The summed E-state index contributed by atoms with van der Waals surface area (Å²) < 4.78 is 23.3. The van der Waals surface area contributed by atoms with E-state index in [2.05, 4.69) is 41.8 Å². The minimum Gasteiger partial charge on any atom is -0.481 e. The van der Waals surface area contributed by atoms with Crippen molar-refractivity contribution in [2.75, 3.05) is 28.4 Å². The molecule has 4 aromatic rings. The van der Waals surface area contributed by atoms with Gasteiger partial charge in [-0.1, -0.05) is 60.7 Å². The number of hydrogen-bond acceptors (Lipinski definition) is 7. The highest BCUT2D eigenvalue weighted by molar-refractivity contribution is 9.10. The molecule has 0 fully saturated rings. The number of halogens is 2. The third-order valence-electron chi connectivity index (χ3n) is 6.10. The molecule has 0 aliphatic rings. The van der Waals surface area contributed by atoms with E-state index in [1.165, 1.54) is 28.4 Å². The Kier molecular flexibility index (Phi) is 9.01. The maximum Gasteiger partial charge on any atom is 0.231 e. The second-order valence-electron chi connectivity index (χ2n) is 8.25. The van der Waals surface area contributed by atoms with E-state index in [9.17, 15) is 4.79 Å². The zero-order valence-corrected chi connectivity index (χ0v) is 24.4. The molecular weight excluding hydrogens is 616 g/mol. The van der Waals surface area contributed by atoms with Gasteiger partial charge < -0.3 is 18.9 Å². The van der Waals surface area contributed by atoms with E-state index in [-0.39, 0.29) is 5.78 Å². The number of aromatic nitrogens is 2. The fraction of sp³-hybridized carbons (Fsp3) is 0.207. The minimum atomic E-state index is -0.739. The molecular formula is C29H26Br2N2O5. The molecule has 2 aromatic heterocycles. The Morgan fingerprint density at radius 1 is 0.605 bits per heavy atom. The van der Waals surface area contributed by atoms with E-state index in [1.807, 2.05) is 72.8 Å². The second-order valence-corrected chi connectivity index (χ2v) is 9.95. The van der Waals surface area contributed by atoms with Gasteiger partial charge in [0.05, 0.1) is 49.2 Å². The molecule has 4 rings (SSSR count). The van der Waals surface area contributed by atoms with Gasteiger partial charge in [-0.25, -0.2) is 0 Å². The molecule has 0 bridgehead atoms. The van der Waals surface area contributed by atoms with Crippen LogP contribution in [0.15, 0.2) is 81.7 Å². The SMILES string of the molecule is COc1nc(OC)c(C(C(=O)C(c2ccccc2)c2cc(Br)c(OC)nc2OC)c2ccccc2)cc1Br. The summed E-state index contributed by atoms with van der Waals surface area (Å²) in [5, 5.41) is 0. The molecule has 2 unspecified atom stereocenters. The Morgan fingerprint density at radius 2 is 0.947 bits per heavy atom. The van der Waals surface area contributed by atoms with Gasteiger partial charge in [0, 0.05) is 11.1 Å². The molecule has 196 valence electrons. The number of methoxy groups -OCH3 is 4. The van der Waals surface area contributed by atoms with Crippen molar-refractivity contribution in [2.45, 2.75) is 11.8 Å². The Hall–Kier alpha value is -3.43. The van der Waals surface area contributed by atoms with Crippen LogP contribution >= 0.6 is 31.9 Å². The van der Waals surface area contributed by atoms with Crippen molar-refractivity contribution >= 4 is 37.6 Å². The minimum absolute atomic E-state index is 0.114. The number of rotatable bonds is 10. The molecule has 0 N–H and O–H groups in total. The number of carbonyl (C=O) groups excluding carboxylic acids is 1. The Morgan fingerprint density at radius 3 is 1.26 bits per heavy atom. The highest BCUT2D eigenvalue weighted by Crippen LogP contribution is 2.44. The van der Waals surface area contributed by atoms with Crippen molar-refractivity contribution < 1.29 is 23.7 Å². The zero-order valence-electron chi connectivity index (χ0n) is 21.3. The van der Waals surface area contributed by atoms with Crippen LogP contribution in [0.3, 0.4) is 0 Å². The molecule has 0 aliphatic carbocycles. The fourth-order valence-corrected chi connectivity index (χ4v) is 5.41. The largest absolute Gasteiger partial charge is 0.481 e. The molecule has 2 atom stereocenters. The maximum atomic E-state index is 14.9. The smallest absolute Gasteiger partial charge is 0.231 e. The molecule has 2 aromatic carbocycles.